The van der Waals surface area contributed by atoms with Crippen LogP contribution in [0.1, 0.15) is 53.9 Å². The van der Waals surface area contributed by atoms with Crippen molar-refractivity contribution in [2.45, 2.75) is 123 Å². The molecule has 180 valence electrons. The van der Waals surface area contributed by atoms with Crippen LogP contribution in [0.3, 0.4) is 0 Å². The Morgan fingerprint density at radius 3 is 1.63 bits per heavy atom. The molecule has 1 aliphatic heterocycles. The summed E-state index contributed by atoms with van der Waals surface area (Å²) in [6.07, 6.45) is 2.58. The first-order valence-electron chi connectivity index (χ1n) is 11.1. The number of nitrogens with one attached hydrogen (secondary N) is 1. The maximum Gasteiger partial charge on any atom is 0.347 e. The average molecular weight is 498 g/mol. The highest BCUT2D eigenvalue weighted by Gasteiger charge is 2.52. The Hall–Kier alpha value is 0.588. The highest BCUT2D eigenvalue weighted by Crippen LogP contribution is 2.34. The summed E-state index contributed by atoms with van der Waals surface area (Å²) in [6, 6.07) is 0. The van der Waals surface area contributed by atoms with Crippen LogP contribution in [0.4, 0.5) is 0 Å². The summed E-state index contributed by atoms with van der Waals surface area (Å²) in [5.74, 6) is 0. The van der Waals surface area contributed by atoms with Gasteiger partial charge >= 0.3 is 34.2 Å². The van der Waals surface area contributed by atoms with Crippen LogP contribution in [-0.2, 0) is 17.1 Å². The van der Waals surface area contributed by atoms with E-state index < -0.39 is 34.2 Å². The van der Waals surface area contributed by atoms with Gasteiger partial charge in [0.05, 0.1) is 11.8 Å². The van der Waals surface area contributed by atoms with Crippen molar-refractivity contribution in [3.63, 3.8) is 0 Å². The third kappa shape index (κ3) is 10.0. The third-order valence-corrected chi connectivity index (χ3v) is 17.7. The van der Waals surface area contributed by atoms with E-state index in [9.17, 15) is 9.59 Å². The highest BCUT2D eigenvalue weighted by molar-refractivity contribution is 6.88. The van der Waals surface area contributed by atoms with Gasteiger partial charge in [-0.2, -0.15) is 0 Å². The van der Waals surface area contributed by atoms with Crippen LogP contribution in [0.5, 0.6) is 0 Å². The molecule has 2 unspecified atom stereocenters. The minimum atomic E-state index is -3.01. The van der Waals surface area contributed by atoms with E-state index >= 15 is 0 Å². The topological polar surface area (TPSA) is 89.4 Å². The van der Waals surface area contributed by atoms with Crippen molar-refractivity contribution in [2.24, 2.45) is 0 Å². The van der Waals surface area contributed by atoms with Crippen LogP contribution >= 0.6 is 0 Å². The van der Waals surface area contributed by atoms with Gasteiger partial charge in [-0.05, 0) is 92.8 Å². The number of hydrogen-bond acceptors (Lipinski definition) is 7. The van der Waals surface area contributed by atoms with Gasteiger partial charge in [0.25, 0.3) is 0 Å². The molecule has 30 heavy (non-hydrogen) atoms. The lowest BCUT2D eigenvalue weighted by molar-refractivity contribution is -0.0504. The molecule has 1 rings (SSSR count). The fourth-order valence-corrected chi connectivity index (χ4v) is 20.9. The van der Waals surface area contributed by atoms with Crippen molar-refractivity contribution in [1.82, 2.24) is 5.32 Å². The van der Waals surface area contributed by atoms with Crippen molar-refractivity contribution < 1.29 is 26.7 Å². The van der Waals surface area contributed by atoms with Gasteiger partial charge in [0, 0.05) is 11.1 Å². The van der Waals surface area contributed by atoms with E-state index in [2.05, 4.69) is 39.9 Å². The van der Waals surface area contributed by atoms with Crippen molar-refractivity contribution >= 4 is 34.2 Å². The first-order chi connectivity index (χ1) is 13.1. The third-order valence-electron chi connectivity index (χ3n) is 4.86. The van der Waals surface area contributed by atoms with Crippen molar-refractivity contribution in [1.29, 1.82) is 0 Å². The zero-order valence-corrected chi connectivity index (χ0v) is 25.3. The Labute approximate surface area is 188 Å². The minimum Gasteiger partial charge on any atom is -0.416 e. The maximum atomic E-state index is 10.6. The molecule has 7 nitrogen and oxygen atoms in total. The van der Waals surface area contributed by atoms with Gasteiger partial charge in [0.1, 0.15) is 0 Å². The second-order valence-electron chi connectivity index (χ2n) is 11.6. The molecule has 0 aromatic rings. The Morgan fingerprint density at radius 2 is 1.27 bits per heavy atom. The molecule has 0 aliphatic carbocycles. The van der Waals surface area contributed by atoms with E-state index in [1.54, 1.807) is 26.2 Å². The Kier molecular flexibility index (Phi) is 9.01. The van der Waals surface area contributed by atoms with Crippen LogP contribution in [0.2, 0.25) is 45.8 Å². The van der Waals surface area contributed by atoms with Crippen LogP contribution in [0, 0.1) is 0 Å². The molecule has 0 aromatic heterocycles. The molecular weight excluding hydrogens is 451 g/mol. The van der Waals surface area contributed by atoms with Crippen molar-refractivity contribution in [3.8, 4) is 0 Å². The monoisotopic (exact) mass is 497 g/mol. The van der Waals surface area contributed by atoms with Gasteiger partial charge in [0.2, 0.25) is 0 Å². The molecule has 11 heteroatoms. The fraction of sp³-hybridized carbons (Fsp3) is 1.00. The number of rotatable bonds is 10. The maximum absolute atomic E-state index is 10.6. The lowest BCUT2D eigenvalue weighted by Gasteiger charge is -2.49. The fourth-order valence-electron chi connectivity index (χ4n) is 4.91. The van der Waals surface area contributed by atoms with Gasteiger partial charge < -0.3 is 32.0 Å². The van der Waals surface area contributed by atoms with Gasteiger partial charge in [-0.3, -0.25) is 0 Å². The standard InChI is InChI=1S/C19H47NO6Si4/c1-13-17(23-16-14-18(2,3)20-19(4,5)15-16)30(12,25-28(8,9)22)26-29(10,11)24-27(6,7)21/h16-17,20-22H,13-15H2,1-12H3. The highest BCUT2D eigenvalue weighted by atomic mass is 28.5. The quantitative estimate of drug-likeness (QED) is 0.395. The molecular formula is C19H47NO6Si4. The predicted molar refractivity (Wildman–Crippen MR) is 131 cm³/mol. The van der Waals surface area contributed by atoms with Crippen LogP contribution in [-0.4, -0.2) is 66.7 Å². The summed E-state index contributed by atoms with van der Waals surface area (Å²) in [6.45, 7) is 23.7. The van der Waals surface area contributed by atoms with Crippen LogP contribution in [0.25, 0.3) is 0 Å². The molecule has 0 bridgehead atoms. The van der Waals surface area contributed by atoms with E-state index in [-0.39, 0.29) is 22.9 Å². The molecule has 1 heterocycles. The molecule has 0 aromatic carbocycles. The number of ether oxygens (including phenoxy) is 1. The molecule has 0 amide bonds. The molecule has 1 fully saturated rings. The van der Waals surface area contributed by atoms with Crippen LogP contribution in [0.15, 0.2) is 0 Å². The second kappa shape index (κ2) is 9.45. The molecule has 0 spiro atoms. The minimum absolute atomic E-state index is 0.0287. The molecule has 0 saturated carbocycles. The van der Waals surface area contributed by atoms with E-state index in [0.29, 0.717) is 0 Å². The number of piperidine rings is 1. The Bertz CT molecular complexity index is 560. The average Bonchev–Trinajstić information content (AvgIpc) is 2.34. The SMILES string of the molecule is CCC(OC1CC(C)(C)NC(C)(C)C1)[Si](C)(O[Si](C)(C)O)O[Si](C)(C)O[Si](C)(C)O. The van der Waals surface area contributed by atoms with E-state index in [1.807, 2.05) is 19.6 Å². The first-order valence-corrected chi connectivity index (χ1v) is 22.0. The van der Waals surface area contributed by atoms with Gasteiger partial charge in [-0.1, -0.05) is 6.92 Å². The predicted octanol–water partition coefficient (Wildman–Crippen LogP) is 3.84. The van der Waals surface area contributed by atoms with E-state index in [0.717, 1.165) is 19.3 Å². The Balaban J connectivity index is 3.17. The zero-order chi connectivity index (χ0) is 23.8. The lowest BCUT2D eigenvalue weighted by Crippen LogP contribution is -2.65. The summed E-state index contributed by atoms with van der Waals surface area (Å²) >= 11 is 0. The van der Waals surface area contributed by atoms with Gasteiger partial charge in [-0.15, -0.1) is 0 Å². The van der Waals surface area contributed by atoms with Gasteiger partial charge in [0.15, 0.2) is 0 Å². The van der Waals surface area contributed by atoms with E-state index in [1.165, 1.54) is 0 Å². The summed E-state index contributed by atoms with van der Waals surface area (Å²) in [5.41, 5.74) is -0.303. The van der Waals surface area contributed by atoms with E-state index in [4.69, 9.17) is 17.1 Å². The molecule has 1 aliphatic rings. The van der Waals surface area contributed by atoms with Crippen molar-refractivity contribution in [3.05, 3.63) is 0 Å². The Morgan fingerprint density at radius 1 is 0.833 bits per heavy atom. The summed E-state index contributed by atoms with van der Waals surface area (Å²) in [7, 11) is -11.4. The smallest absolute Gasteiger partial charge is 0.347 e. The molecule has 3 N–H and O–H groups in total. The van der Waals surface area contributed by atoms with Crippen molar-refractivity contribution in [2.75, 3.05) is 0 Å². The summed E-state index contributed by atoms with van der Waals surface area (Å²) in [5, 5.41) is 3.69. The largest absolute Gasteiger partial charge is 0.416 e. The molecule has 2 atom stereocenters. The molecule has 0 radical (unpaired) electrons. The first kappa shape index (κ1) is 28.6. The lowest BCUT2D eigenvalue weighted by atomic mass is 9.81. The second-order valence-corrected chi connectivity index (χ2v) is 25.3. The zero-order valence-electron chi connectivity index (χ0n) is 21.3. The normalized spacial score (nSPS) is 23.8. The summed E-state index contributed by atoms with van der Waals surface area (Å²) in [4.78, 5) is 21.0. The summed E-state index contributed by atoms with van der Waals surface area (Å²) < 4.78 is 25.7. The van der Waals surface area contributed by atoms with Crippen LogP contribution < -0.4 is 5.32 Å². The van der Waals surface area contributed by atoms with Gasteiger partial charge in [-0.25, -0.2) is 0 Å². The number of hydrogen-bond donors (Lipinski definition) is 3. The molecule has 1 saturated heterocycles.